The Hall–Kier alpha value is -8.09. The number of fused-ring (bicyclic) bond motifs is 6. The first-order valence-electron chi connectivity index (χ1n) is 26.2. The minimum Gasteiger partial charge on any atom is -0.399 e. The molecule has 0 saturated heterocycles. The van der Waals surface area contributed by atoms with E-state index in [4.69, 9.17) is 16.2 Å². The minimum absolute atomic E-state index is 0.0141. The molecule has 0 saturated carbocycles. The van der Waals surface area contributed by atoms with E-state index in [-0.39, 0.29) is 17.9 Å². The zero-order valence-corrected chi connectivity index (χ0v) is 43.6. The highest BCUT2D eigenvalue weighted by Crippen LogP contribution is 2.49. The maximum Gasteiger partial charge on any atom is 0.220 e. The molecule has 1 aromatic heterocycles. The Morgan fingerprint density at radius 1 is 0.680 bits per heavy atom. The van der Waals surface area contributed by atoms with Crippen molar-refractivity contribution >= 4 is 61.9 Å². The Balaban J connectivity index is 0.759. The third kappa shape index (κ3) is 13.4. The van der Waals surface area contributed by atoms with E-state index in [1.807, 2.05) is 125 Å². The molecule has 0 spiro atoms. The highest BCUT2D eigenvalue weighted by atomic mass is 16.5. The maximum absolute atomic E-state index is 13.3. The Labute approximate surface area is 439 Å². The third-order valence-electron chi connectivity index (χ3n) is 14.2. The molecule has 1 aliphatic heterocycles. The lowest BCUT2D eigenvalue weighted by Gasteiger charge is -2.41. The van der Waals surface area contributed by atoms with E-state index in [1.54, 1.807) is 0 Å². The van der Waals surface area contributed by atoms with Crippen LogP contribution < -0.4 is 31.6 Å². The maximum atomic E-state index is 13.3. The lowest BCUT2D eigenvalue weighted by molar-refractivity contribution is -0.659. The predicted octanol–water partition coefficient (Wildman–Crippen LogP) is 14.0. The average molecular weight is 1010 g/mol. The number of nitrogens with zero attached hydrogens (tertiary/aromatic N) is 8. The summed E-state index contributed by atoms with van der Waals surface area (Å²) < 4.78 is 8.64. The predicted molar refractivity (Wildman–Crippen MR) is 302 cm³/mol. The van der Waals surface area contributed by atoms with E-state index >= 15 is 0 Å². The summed E-state index contributed by atoms with van der Waals surface area (Å²) in [4.78, 5) is 34.7. The number of pyridine rings is 1. The van der Waals surface area contributed by atoms with E-state index in [1.165, 1.54) is 0 Å². The number of aromatic nitrogens is 1. The number of nitrogen functional groups attached to an aromatic ring is 2. The first kappa shape index (κ1) is 53.2. The molecule has 1 unspecified atom stereocenters. The monoisotopic (exact) mass is 1010 g/mol. The molecule has 7 aromatic rings. The molecule has 0 bridgehead atoms. The number of carbonyl (C=O) groups excluding carboxylic acids is 2. The van der Waals surface area contributed by atoms with Gasteiger partial charge in [-0.3, -0.25) is 9.59 Å². The number of benzene rings is 6. The lowest BCUT2D eigenvalue weighted by Crippen LogP contribution is -2.44. The number of nitrogens with two attached hydrogens (primary N) is 2. The normalized spacial score (nSPS) is 13.1. The summed E-state index contributed by atoms with van der Waals surface area (Å²) in [7, 11) is 0. The summed E-state index contributed by atoms with van der Waals surface area (Å²) in [5.41, 5.74) is 41.2. The van der Waals surface area contributed by atoms with Crippen LogP contribution >= 0.6 is 0 Å². The van der Waals surface area contributed by atoms with Gasteiger partial charge in [0.05, 0.1) is 22.4 Å². The van der Waals surface area contributed by atoms with Crippen molar-refractivity contribution in [2.75, 3.05) is 36.1 Å². The highest BCUT2D eigenvalue weighted by molar-refractivity contribution is 6.10. The van der Waals surface area contributed by atoms with Crippen LogP contribution in [0, 0.1) is 0 Å². The number of hydrogen-bond acceptors (Lipinski definition) is 8. The third-order valence-corrected chi connectivity index (χ3v) is 14.2. The fourth-order valence-electron chi connectivity index (χ4n) is 10.4. The Morgan fingerprint density at radius 2 is 1.32 bits per heavy atom. The molecular weight excluding hydrogens is 937 g/mol. The van der Waals surface area contributed by atoms with Crippen LogP contribution in [0.3, 0.4) is 0 Å². The number of carbonyl (C=O) groups is 2. The summed E-state index contributed by atoms with van der Waals surface area (Å²) >= 11 is 0. The summed E-state index contributed by atoms with van der Waals surface area (Å²) in [6, 6.07) is 44.2. The number of unbranched alkanes of at least 4 members (excludes halogenated alkanes) is 4. The summed E-state index contributed by atoms with van der Waals surface area (Å²) in [6.45, 7) is 10.5. The number of hydrogen-bond donors (Lipinski definition) is 4. The van der Waals surface area contributed by atoms with Crippen molar-refractivity contribution in [3.63, 3.8) is 0 Å². The minimum atomic E-state index is -0.468. The number of amides is 2. The van der Waals surface area contributed by atoms with E-state index < -0.39 is 11.1 Å². The van der Waals surface area contributed by atoms with Gasteiger partial charge in [0, 0.05) is 105 Å². The van der Waals surface area contributed by atoms with Gasteiger partial charge >= 0.3 is 0 Å². The van der Waals surface area contributed by atoms with Gasteiger partial charge in [-0.2, -0.15) is 4.57 Å². The number of rotatable bonds is 24. The van der Waals surface area contributed by atoms with E-state index in [0.717, 1.165) is 106 Å². The van der Waals surface area contributed by atoms with Crippen LogP contribution in [0.1, 0.15) is 109 Å². The smallest absolute Gasteiger partial charge is 0.220 e. The molecular formula is C60H69N12O3+. The Morgan fingerprint density at radius 3 is 2.07 bits per heavy atom. The van der Waals surface area contributed by atoms with Crippen LogP contribution in [0.25, 0.3) is 64.9 Å². The van der Waals surface area contributed by atoms with E-state index in [9.17, 15) is 20.7 Å². The van der Waals surface area contributed by atoms with E-state index in [0.29, 0.717) is 68.1 Å². The number of aryl methyl sites for hydroxylation is 1. The largest absolute Gasteiger partial charge is 0.399 e. The zero-order valence-electron chi connectivity index (χ0n) is 43.6. The van der Waals surface area contributed by atoms with Crippen molar-refractivity contribution in [3.05, 3.63) is 165 Å². The second-order valence-electron chi connectivity index (χ2n) is 20.8. The molecule has 0 aliphatic carbocycles. The van der Waals surface area contributed by atoms with Crippen LogP contribution in [0.15, 0.2) is 144 Å². The van der Waals surface area contributed by atoms with Gasteiger partial charge in [-0.1, -0.05) is 95.5 Å². The molecule has 15 heteroatoms. The SMILES string of the molecule is CC(C)(CCOC(C)(C)CCNC(=O)CCCCCN1c2cc(N)ccc2-c2ccc(N=[N+]=[N-])cc2C1c1ccccc1)NC(=O)CCCCC[n+]1c(-c2ccccc2)c2cc(N=[N+]=[N-])ccc2c2ccc(N)cc21. The van der Waals surface area contributed by atoms with Gasteiger partial charge in [0.2, 0.25) is 23.0 Å². The molecule has 75 heavy (non-hydrogen) atoms. The second kappa shape index (κ2) is 24.3. The van der Waals surface area contributed by atoms with Crippen molar-refractivity contribution < 1.29 is 18.9 Å². The van der Waals surface area contributed by atoms with Gasteiger partial charge in [-0.15, -0.1) is 0 Å². The van der Waals surface area contributed by atoms with Gasteiger partial charge in [0.1, 0.15) is 6.54 Å². The molecule has 6 aromatic carbocycles. The van der Waals surface area contributed by atoms with Gasteiger partial charge in [-0.05, 0) is 143 Å². The van der Waals surface area contributed by atoms with Gasteiger partial charge in [-0.25, -0.2) is 0 Å². The molecule has 1 aliphatic rings. The first-order chi connectivity index (χ1) is 36.2. The number of nitrogens with one attached hydrogen (secondary N) is 2. The number of azide groups is 2. The van der Waals surface area contributed by atoms with Crippen LogP contribution in [0.2, 0.25) is 0 Å². The summed E-state index contributed by atoms with van der Waals surface area (Å²) in [6.07, 6.45) is 7.07. The molecule has 386 valence electrons. The average Bonchev–Trinajstić information content (AvgIpc) is 3.39. The molecule has 0 fully saturated rings. The second-order valence-corrected chi connectivity index (χ2v) is 20.8. The van der Waals surface area contributed by atoms with Crippen LogP contribution in [0.5, 0.6) is 0 Å². The topological polar surface area (TPSA) is 224 Å². The molecule has 2 heterocycles. The van der Waals surface area contributed by atoms with E-state index in [2.05, 4.69) is 76.6 Å². The number of anilines is 3. The standard InChI is InChI=1S/C60H68N12O3/c1-59(2,66-56(74)22-14-8-16-35-72-54-38-44(62)24-28-50(54)48-30-26-46(68-70-64)40-52(48)58(72)42-19-11-6-12-20-42)32-36-75-60(3,4)31-33-65-55(73)21-13-7-15-34-71-53-37-43(61)23-27-49(53)47-29-25-45(67-69-63)39-51(47)57(71)41-17-9-5-10-18-41/h5-6,9-12,17-20,23-30,37-40,57,62H,7-8,13-16,21-22,31-36,61H2,1-4H3,(H2,65,66,73,74)/p+1. The first-order valence-corrected chi connectivity index (χ1v) is 26.2. The fourth-order valence-corrected chi connectivity index (χ4v) is 10.4. The van der Waals surface area contributed by atoms with Crippen molar-refractivity contribution in [1.82, 2.24) is 10.6 Å². The molecule has 1 atom stereocenters. The summed E-state index contributed by atoms with van der Waals surface area (Å²) in [5, 5.41) is 17.3. The summed E-state index contributed by atoms with van der Waals surface area (Å²) in [5.74, 6) is 0.0396. The molecule has 0 radical (unpaired) electrons. The Kier molecular flexibility index (Phi) is 17.2. The quantitative estimate of drug-likeness (QED) is 0.00875. The van der Waals surface area contributed by atoms with Gasteiger partial charge in [0.25, 0.3) is 0 Å². The van der Waals surface area contributed by atoms with Crippen LogP contribution in [0.4, 0.5) is 28.4 Å². The number of ether oxygens (including phenoxy) is 1. The lowest BCUT2D eigenvalue weighted by atomic mass is 9.84. The van der Waals surface area contributed by atoms with Crippen molar-refractivity contribution in [1.29, 1.82) is 0 Å². The zero-order chi connectivity index (χ0) is 53.0. The van der Waals surface area contributed by atoms with Gasteiger partial charge in [0.15, 0.2) is 0 Å². The van der Waals surface area contributed by atoms with Crippen molar-refractivity contribution in [2.45, 2.75) is 116 Å². The Bertz CT molecular complexity index is 3260. The van der Waals surface area contributed by atoms with Crippen molar-refractivity contribution in [2.24, 2.45) is 10.2 Å². The highest BCUT2D eigenvalue weighted by Gasteiger charge is 2.33. The fraction of sp³-hybridized carbons (Fsp3) is 0.350. The molecule has 8 rings (SSSR count). The molecule has 2 amide bonds. The van der Waals surface area contributed by atoms with Crippen molar-refractivity contribution in [3.8, 4) is 22.4 Å². The van der Waals surface area contributed by atoms with Crippen LogP contribution in [-0.2, 0) is 20.9 Å². The van der Waals surface area contributed by atoms with Gasteiger partial charge < -0.3 is 31.7 Å². The van der Waals surface area contributed by atoms with Crippen LogP contribution in [-0.4, -0.2) is 42.7 Å². The molecule has 15 nitrogen and oxygen atoms in total. The molecule has 6 N–H and O–H groups in total.